The smallest absolute Gasteiger partial charge is 0.311 e. The largest absolute Gasteiger partial charge is 0.416 e. The van der Waals surface area contributed by atoms with Crippen molar-refractivity contribution in [3.05, 3.63) is 35.4 Å². The Kier molecular flexibility index (Phi) is 6.66. The topological polar surface area (TPSA) is 24.1 Å². The normalized spacial score (nSPS) is 13.4. The molecule has 23 heavy (non-hydrogen) atoms. The molecule has 0 atom stereocenters. The van der Waals surface area contributed by atoms with Crippen molar-refractivity contribution in [2.24, 2.45) is 5.41 Å². The Morgan fingerprint density at radius 2 is 1.43 bits per heavy atom. The zero-order chi connectivity index (χ0) is 17.7. The van der Waals surface area contributed by atoms with E-state index in [0.29, 0.717) is 6.54 Å². The molecular weight excluding hydrogens is 301 g/mol. The maximum absolute atomic E-state index is 12.5. The van der Waals surface area contributed by atoms with Gasteiger partial charge in [-0.2, -0.15) is 13.2 Å². The molecule has 0 aliphatic heterocycles. The van der Waals surface area contributed by atoms with E-state index < -0.39 is 11.7 Å². The molecule has 0 radical (unpaired) electrons. The molecule has 0 saturated carbocycles. The van der Waals surface area contributed by atoms with Crippen molar-refractivity contribution in [1.82, 2.24) is 10.6 Å². The van der Waals surface area contributed by atoms with Gasteiger partial charge in [-0.05, 0) is 43.4 Å². The lowest BCUT2D eigenvalue weighted by molar-refractivity contribution is -0.137. The van der Waals surface area contributed by atoms with Gasteiger partial charge in [0.15, 0.2) is 0 Å². The van der Waals surface area contributed by atoms with Crippen molar-refractivity contribution >= 4 is 0 Å². The number of alkyl halides is 3. The Balaban J connectivity index is 2.30. The fourth-order valence-corrected chi connectivity index (χ4v) is 2.92. The predicted octanol–water partition coefficient (Wildman–Crippen LogP) is 4.60. The minimum atomic E-state index is -4.27. The lowest BCUT2D eigenvalue weighted by Crippen LogP contribution is -2.45. The van der Waals surface area contributed by atoms with E-state index in [1.54, 1.807) is 0 Å². The van der Waals surface area contributed by atoms with Gasteiger partial charge in [-0.3, -0.25) is 0 Å². The molecule has 0 saturated heterocycles. The summed E-state index contributed by atoms with van der Waals surface area (Å²) in [7, 11) is 0. The van der Waals surface area contributed by atoms with E-state index in [1.165, 1.54) is 12.1 Å². The number of nitrogens with one attached hydrogen (secondary N) is 2. The molecule has 2 N–H and O–H groups in total. The third kappa shape index (κ3) is 8.37. The molecule has 0 fully saturated rings. The van der Waals surface area contributed by atoms with Gasteiger partial charge in [-0.15, -0.1) is 0 Å². The molecular formula is C18H29F3N2. The second-order valence-corrected chi connectivity index (χ2v) is 7.92. The van der Waals surface area contributed by atoms with Gasteiger partial charge in [-0.1, -0.05) is 32.9 Å². The summed E-state index contributed by atoms with van der Waals surface area (Å²) in [6.07, 6.45) is -3.20. The van der Waals surface area contributed by atoms with Crippen LogP contribution in [0.1, 0.15) is 52.2 Å². The highest BCUT2D eigenvalue weighted by Gasteiger charge is 2.29. The Morgan fingerprint density at radius 1 is 0.870 bits per heavy atom. The van der Waals surface area contributed by atoms with E-state index in [1.807, 2.05) is 0 Å². The number of rotatable bonds is 7. The molecule has 0 bridgehead atoms. The van der Waals surface area contributed by atoms with Crippen LogP contribution >= 0.6 is 0 Å². The minimum Gasteiger partial charge on any atom is -0.311 e. The molecule has 1 rings (SSSR count). The molecule has 1 aromatic rings. The van der Waals surface area contributed by atoms with E-state index in [4.69, 9.17) is 0 Å². The van der Waals surface area contributed by atoms with Gasteiger partial charge in [-0.25, -0.2) is 0 Å². The summed E-state index contributed by atoms with van der Waals surface area (Å²) in [4.78, 5) is 0. The van der Waals surface area contributed by atoms with Crippen LogP contribution in [0.25, 0.3) is 0 Å². The summed E-state index contributed by atoms with van der Waals surface area (Å²) in [5, 5.41) is 6.77. The Hall–Kier alpha value is -1.07. The van der Waals surface area contributed by atoms with E-state index in [9.17, 15) is 13.2 Å². The molecule has 0 heterocycles. The summed E-state index contributed by atoms with van der Waals surface area (Å²) in [6, 6.07) is 5.29. The summed E-state index contributed by atoms with van der Waals surface area (Å²) >= 11 is 0. The minimum absolute atomic E-state index is 0.0638. The zero-order valence-corrected chi connectivity index (χ0v) is 14.8. The number of hydrogen-bond acceptors (Lipinski definition) is 2. The SMILES string of the molecule is CC(C)(C)CC(C)(C)NCCNCc1ccc(C(F)(F)F)cc1. The van der Waals surface area contributed by atoms with Crippen molar-refractivity contribution < 1.29 is 13.2 Å². The predicted molar refractivity (Wildman–Crippen MR) is 89.3 cm³/mol. The molecule has 1 aromatic carbocycles. The molecule has 0 aliphatic carbocycles. The lowest BCUT2D eigenvalue weighted by Gasteiger charge is -2.33. The van der Waals surface area contributed by atoms with Crippen LogP contribution in [0.15, 0.2) is 24.3 Å². The highest BCUT2D eigenvalue weighted by atomic mass is 19.4. The number of benzene rings is 1. The first-order valence-electron chi connectivity index (χ1n) is 8.01. The molecule has 0 amide bonds. The zero-order valence-electron chi connectivity index (χ0n) is 14.8. The Labute approximate surface area is 137 Å². The summed E-state index contributed by atoms with van der Waals surface area (Å²) in [5.74, 6) is 0. The highest BCUT2D eigenvalue weighted by Crippen LogP contribution is 2.29. The van der Waals surface area contributed by atoms with Gasteiger partial charge < -0.3 is 10.6 Å². The molecule has 0 aromatic heterocycles. The summed E-state index contributed by atoms with van der Waals surface area (Å²) in [6.45, 7) is 13.2. The van der Waals surface area contributed by atoms with Crippen LogP contribution in [0.3, 0.4) is 0 Å². The van der Waals surface area contributed by atoms with Gasteiger partial charge in [0.05, 0.1) is 5.56 Å². The first kappa shape index (κ1) is 20.0. The lowest BCUT2D eigenvalue weighted by atomic mass is 9.82. The van der Waals surface area contributed by atoms with Crippen molar-refractivity contribution in [3.63, 3.8) is 0 Å². The molecule has 0 aliphatic rings. The van der Waals surface area contributed by atoms with Crippen molar-refractivity contribution in [2.75, 3.05) is 13.1 Å². The molecule has 2 nitrogen and oxygen atoms in total. The fourth-order valence-electron chi connectivity index (χ4n) is 2.92. The maximum Gasteiger partial charge on any atom is 0.416 e. The first-order valence-corrected chi connectivity index (χ1v) is 8.01. The molecule has 5 heteroatoms. The van der Waals surface area contributed by atoms with Crippen molar-refractivity contribution in [1.29, 1.82) is 0 Å². The van der Waals surface area contributed by atoms with Crippen LogP contribution in [0.5, 0.6) is 0 Å². The highest BCUT2D eigenvalue weighted by molar-refractivity contribution is 5.24. The van der Waals surface area contributed by atoms with Crippen LogP contribution in [0.2, 0.25) is 0 Å². The van der Waals surface area contributed by atoms with E-state index in [-0.39, 0.29) is 11.0 Å². The van der Waals surface area contributed by atoms with Crippen molar-refractivity contribution in [3.8, 4) is 0 Å². The number of halogens is 3. The standard InChI is InChI=1S/C18H29F3N2/c1-16(2,3)13-17(4,5)23-11-10-22-12-14-6-8-15(9-7-14)18(19,20)21/h6-9,22-23H,10-13H2,1-5H3. The third-order valence-electron chi connectivity index (χ3n) is 3.49. The van der Waals surface area contributed by atoms with E-state index in [0.717, 1.165) is 37.2 Å². The second-order valence-electron chi connectivity index (χ2n) is 7.92. The third-order valence-corrected chi connectivity index (χ3v) is 3.49. The molecule has 0 spiro atoms. The molecule has 132 valence electrons. The molecule has 0 unspecified atom stereocenters. The van der Waals surface area contributed by atoms with Gasteiger partial charge in [0.25, 0.3) is 0 Å². The quantitative estimate of drug-likeness (QED) is 0.714. The maximum atomic E-state index is 12.5. The van der Waals surface area contributed by atoms with Crippen LogP contribution in [0.4, 0.5) is 13.2 Å². The van der Waals surface area contributed by atoms with E-state index >= 15 is 0 Å². The van der Waals surface area contributed by atoms with Gasteiger partial charge >= 0.3 is 6.18 Å². The fraction of sp³-hybridized carbons (Fsp3) is 0.667. The van der Waals surface area contributed by atoms with Gasteiger partial charge in [0, 0.05) is 25.2 Å². The first-order chi connectivity index (χ1) is 10.4. The second kappa shape index (κ2) is 7.67. The van der Waals surface area contributed by atoms with E-state index in [2.05, 4.69) is 45.3 Å². The average Bonchev–Trinajstić information content (AvgIpc) is 2.34. The van der Waals surface area contributed by atoms with Crippen LogP contribution in [-0.4, -0.2) is 18.6 Å². The van der Waals surface area contributed by atoms with Gasteiger partial charge in [0.2, 0.25) is 0 Å². The van der Waals surface area contributed by atoms with Crippen LogP contribution in [0, 0.1) is 5.41 Å². The average molecular weight is 330 g/mol. The van der Waals surface area contributed by atoms with Crippen LogP contribution in [-0.2, 0) is 12.7 Å². The van der Waals surface area contributed by atoms with Gasteiger partial charge in [0.1, 0.15) is 0 Å². The Bertz CT molecular complexity index is 471. The van der Waals surface area contributed by atoms with Crippen LogP contribution < -0.4 is 10.6 Å². The Morgan fingerprint density at radius 3 is 1.91 bits per heavy atom. The summed E-state index contributed by atoms with van der Waals surface area (Å²) < 4.78 is 37.4. The van der Waals surface area contributed by atoms with Crippen molar-refractivity contribution in [2.45, 2.75) is 59.3 Å². The summed E-state index contributed by atoms with van der Waals surface area (Å²) in [5.41, 5.74) is 0.581. The number of hydrogen-bond donors (Lipinski definition) is 2. The monoisotopic (exact) mass is 330 g/mol.